The van der Waals surface area contributed by atoms with Gasteiger partial charge in [-0.05, 0) is 29.3 Å². The van der Waals surface area contributed by atoms with Crippen LogP contribution in [0.25, 0.3) is 0 Å². The van der Waals surface area contributed by atoms with E-state index in [0.29, 0.717) is 16.5 Å². The first-order valence-corrected chi connectivity index (χ1v) is 8.70. The Morgan fingerprint density at radius 1 is 1.12 bits per heavy atom. The van der Waals surface area contributed by atoms with Crippen LogP contribution in [-0.2, 0) is 17.8 Å². The van der Waals surface area contributed by atoms with Crippen LogP contribution in [0.3, 0.4) is 0 Å². The van der Waals surface area contributed by atoms with E-state index in [0.717, 1.165) is 38.3 Å². The van der Waals surface area contributed by atoms with Gasteiger partial charge < -0.3 is 4.90 Å². The summed E-state index contributed by atoms with van der Waals surface area (Å²) in [6.07, 6.45) is 3.99. The number of aromatic nitrogens is 1. The monoisotopic (exact) mass is 363 g/mol. The van der Waals surface area contributed by atoms with Crippen molar-refractivity contribution in [3.63, 3.8) is 0 Å². The van der Waals surface area contributed by atoms with Crippen molar-refractivity contribution in [2.45, 2.75) is 13.0 Å². The summed E-state index contributed by atoms with van der Waals surface area (Å²) in [6.45, 7) is 4.09. The molecule has 6 heteroatoms. The summed E-state index contributed by atoms with van der Waals surface area (Å²) in [5.74, 6) is 0.111. The molecule has 1 saturated heterocycles. The van der Waals surface area contributed by atoms with Crippen molar-refractivity contribution in [3.8, 4) is 0 Å². The molecule has 1 fully saturated rings. The van der Waals surface area contributed by atoms with Crippen LogP contribution in [-0.4, -0.2) is 46.9 Å². The Kier molecular flexibility index (Phi) is 5.72. The van der Waals surface area contributed by atoms with E-state index in [2.05, 4.69) is 16.0 Å². The second-order valence-electron chi connectivity index (χ2n) is 5.93. The number of halogens is 2. The highest BCUT2D eigenvalue weighted by Gasteiger charge is 2.21. The van der Waals surface area contributed by atoms with E-state index in [1.54, 1.807) is 18.3 Å². The highest BCUT2D eigenvalue weighted by Crippen LogP contribution is 2.22. The lowest BCUT2D eigenvalue weighted by Gasteiger charge is -2.34. The Hall–Kier alpha value is -1.62. The number of benzene rings is 1. The molecule has 0 aliphatic carbocycles. The molecule has 0 bridgehead atoms. The van der Waals surface area contributed by atoms with Crippen molar-refractivity contribution in [2.24, 2.45) is 0 Å². The molecule has 1 aliphatic heterocycles. The lowest BCUT2D eigenvalue weighted by molar-refractivity contribution is -0.132. The van der Waals surface area contributed by atoms with E-state index < -0.39 is 0 Å². The van der Waals surface area contributed by atoms with Gasteiger partial charge >= 0.3 is 0 Å². The Morgan fingerprint density at radius 2 is 1.92 bits per heavy atom. The minimum absolute atomic E-state index is 0.111. The number of hydrogen-bond acceptors (Lipinski definition) is 3. The van der Waals surface area contributed by atoms with Crippen molar-refractivity contribution in [2.75, 3.05) is 26.2 Å². The first kappa shape index (κ1) is 17.2. The quantitative estimate of drug-likeness (QED) is 0.836. The van der Waals surface area contributed by atoms with Crippen molar-refractivity contribution in [3.05, 3.63) is 63.9 Å². The van der Waals surface area contributed by atoms with Gasteiger partial charge in [0.15, 0.2) is 0 Å². The lowest BCUT2D eigenvalue weighted by atomic mass is 10.1. The van der Waals surface area contributed by atoms with Crippen molar-refractivity contribution >= 4 is 29.1 Å². The molecule has 4 nitrogen and oxygen atoms in total. The van der Waals surface area contributed by atoms with Gasteiger partial charge in [-0.25, -0.2) is 0 Å². The summed E-state index contributed by atoms with van der Waals surface area (Å²) in [5, 5.41) is 1.13. The number of carbonyl (C=O) groups excluding carboxylic acids is 1. The fourth-order valence-electron chi connectivity index (χ4n) is 2.85. The summed E-state index contributed by atoms with van der Waals surface area (Å²) in [7, 11) is 0. The maximum Gasteiger partial charge on any atom is 0.227 e. The fraction of sp³-hybridized carbons (Fsp3) is 0.333. The number of piperazine rings is 1. The Labute approximate surface area is 152 Å². The molecule has 0 saturated carbocycles. The topological polar surface area (TPSA) is 36.4 Å². The number of hydrogen-bond donors (Lipinski definition) is 0. The van der Waals surface area contributed by atoms with Gasteiger partial charge in [-0.15, -0.1) is 0 Å². The molecule has 2 heterocycles. The minimum Gasteiger partial charge on any atom is -0.340 e. The van der Waals surface area contributed by atoms with Crippen LogP contribution >= 0.6 is 23.2 Å². The Bertz CT molecular complexity index is 701. The van der Waals surface area contributed by atoms with E-state index >= 15 is 0 Å². The third-order valence-electron chi connectivity index (χ3n) is 4.21. The number of nitrogens with zero attached hydrogens (tertiary/aromatic N) is 3. The standard InChI is InChI=1S/C18H19Cl2N3O/c19-16-4-3-15(17(20)11-16)10-18(24)23-8-6-22(7-9-23)13-14-2-1-5-21-12-14/h1-5,11-12H,6-10,13H2. The van der Waals surface area contributed by atoms with Crippen LogP contribution in [0.4, 0.5) is 0 Å². The molecule has 126 valence electrons. The van der Waals surface area contributed by atoms with Gasteiger partial charge in [0.05, 0.1) is 6.42 Å². The molecular weight excluding hydrogens is 345 g/mol. The molecule has 3 rings (SSSR count). The van der Waals surface area contributed by atoms with E-state index in [1.807, 2.05) is 23.2 Å². The Balaban J connectivity index is 1.51. The van der Waals surface area contributed by atoms with Crippen LogP contribution in [0.2, 0.25) is 10.0 Å². The molecule has 1 aromatic carbocycles. The van der Waals surface area contributed by atoms with Gasteiger partial charge in [0.2, 0.25) is 5.91 Å². The molecule has 1 aromatic heterocycles. The zero-order valence-electron chi connectivity index (χ0n) is 13.3. The third kappa shape index (κ3) is 4.47. The predicted octanol–water partition coefficient (Wildman–Crippen LogP) is 3.28. The van der Waals surface area contributed by atoms with Crippen LogP contribution in [0.5, 0.6) is 0 Å². The van der Waals surface area contributed by atoms with Crippen LogP contribution in [0, 0.1) is 0 Å². The third-order valence-corrected chi connectivity index (χ3v) is 4.80. The highest BCUT2D eigenvalue weighted by atomic mass is 35.5. The fourth-order valence-corrected chi connectivity index (χ4v) is 3.32. The summed E-state index contributed by atoms with van der Waals surface area (Å²) in [5.41, 5.74) is 2.02. The van der Waals surface area contributed by atoms with Gasteiger partial charge in [-0.3, -0.25) is 14.7 Å². The summed E-state index contributed by atoms with van der Waals surface area (Å²) >= 11 is 12.1. The summed E-state index contributed by atoms with van der Waals surface area (Å²) < 4.78 is 0. The molecular formula is C18H19Cl2N3O. The van der Waals surface area contributed by atoms with Gasteiger partial charge in [0, 0.05) is 55.2 Å². The van der Waals surface area contributed by atoms with Crippen molar-refractivity contribution in [1.29, 1.82) is 0 Å². The number of amides is 1. The zero-order chi connectivity index (χ0) is 16.9. The largest absolute Gasteiger partial charge is 0.340 e. The second kappa shape index (κ2) is 7.97. The van der Waals surface area contributed by atoms with Gasteiger partial charge in [-0.2, -0.15) is 0 Å². The Morgan fingerprint density at radius 3 is 2.58 bits per heavy atom. The molecule has 1 amide bonds. The zero-order valence-corrected chi connectivity index (χ0v) is 14.8. The molecule has 1 aliphatic rings. The maximum absolute atomic E-state index is 12.5. The van der Waals surface area contributed by atoms with Crippen LogP contribution in [0.1, 0.15) is 11.1 Å². The van der Waals surface area contributed by atoms with E-state index in [-0.39, 0.29) is 5.91 Å². The number of rotatable bonds is 4. The van der Waals surface area contributed by atoms with Crippen LogP contribution in [0.15, 0.2) is 42.7 Å². The first-order chi connectivity index (χ1) is 11.6. The molecule has 0 spiro atoms. The van der Waals surface area contributed by atoms with Crippen LogP contribution < -0.4 is 0 Å². The smallest absolute Gasteiger partial charge is 0.227 e. The molecule has 0 unspecified atom stereocenters. The molecule has 0 radical (unpaired) electrons. The summed E-state index contributed by atoms with van der Waals surface area (Å²) in [6, 6.07) is 9.29. The molecule has 0 atom stereocenters. The second-order valence-corrected chi connectivity index (χ2v) is 6.77. The summed E-state index contributed by atoms with van der Waals surface area (Å²) in [4.78, 5) is 20.9. The van der Waals surface area contributed by atoms with Gasteiger partial charge in [0.25, 0.3) is 0 Å². The van der Waals surface area contributed by atoms with E-state index in [9.17, 15) is 4.79 Å². The average Bonchev–Trinajstić information content (AvgIpc) is 2.59. The lowest BCUT2D eigenvalue weighted by Crippen LogP contribution is -2.48. The predicted molar refractivity (Wildman–Crippen MR) is 96.3 cm³/mol. The molecule has 2 aromatic rings. The van der Waals surface area contributed by atoms with E-state index in [1.165, 1.54) is 5.56 Å². The average molecular weight is 364 g/mol. The van der Waals surface area contributed by atoms with Gasteiger partial charge in [-0.1, -0.05) is 35.3 Å². The number of pyridine rings is 1. The van der Waals surface area contributed by atoms with Crippen molar-refractivity contribution < 1.29 is 4.79 Å². The number of carbonyl (C=O) groups is 1. The normalized spacial score (nSPS) is 15.5. The minimum atomic E-state index is 0.111. The molecule has 0 N–H and O–H groups in total. The SMILES string of the molecule is O=C(Cc1ccc(Cl)cc1Cl)N1CCN(Cc2cccnc2)CC1. The van der Waals surface area contributed by atoms with E-state index in [4.69, 9.17) is 23.2 Å². The maximum atomic E-state index is 12.5. The highest BCUT2D eigenvalue weighted by molar-refractivity contribution is 6.35. The molecule has 24 heavy (non-hydrogen) atoms. The van der Waals surface area contributed by atoms with Gasteiger partial charge in [0.1, 0.15) is 0 Å². The van der Waals surface area contributed by atoms with Crippen molar-refractivity contribution in [1.82, 2.24) is 14.8 Å². The first-order valence-electron chi connectivity index (χ1n) is 7.95.